The van der Waals surface area contributed by atoms with E-state index in [0.29, 0.717) is 6.42 Å². The third-order valence-corrected chi connectivity index (χ3v) is 1.26. The van der Waals surface area contributed by atoms with Crippen LogP contribution in [0.4, 0.5) is 0 Å². The number of hydrogen-bond donors (Lipinski definition) is 1. The van der Waals surface area contributed by atoms with Gasteiger partial charge in [-0.25, -0.2) is 0 Å². The van der Waals surface area contributed by atoms with Crippen molar-refractivity contribution in [1.82, 2.24) is 4.98 Å². The quantitative estimate of drug-likeness (QED) is 0.654. The summed E-state index contributed by atoms with van der Waals surface area (Å²) in [6, 6.07) is 5.51. The molecule has 0 fully saturated rings. The molecule has 0 saturated carbocycles. The minimum Gasteiger partial charge on any atom is -0.377 e. The standard InChI is InChI=1S/C7H8ClNO/c8-7(10)5-6-3-1-2-4-9-6/h1-4,7,10H,5H2. The van der Waals surface area contributed by atoms with E-state index in [9.17, 15) is 0 Å². The van der Waals surface area contributed by atoms with Crippen molar-refractivity contribution in [3.63, 3.8) is 0 Å². The van der Waals surface area contributed by atoms with Crippen LogP contribution in [0.2, 0.25) is 0 Å². The highest BCUT2D eigenvalue weighted by Crippen LogP contribution is 2.01. The van der Waals surface area contributed by atoms with Gasteiger partial charge >= 0.3 is 0 Å². The molecule has 1 aromatic heterocycles. The molecule has 0 spiro atoms. The van der Waals surface area contributed by atoms with Gasteiger partial charge < -0.3 is 5.11 Å². The van der Waals surface area contributed by atoms with E-state index in [2.05, 4.69) is 4.98 Å². The second-order valence-corrected chi connectivity index (χ2v) is 2.46. The van der Waals surface area contributed by atoms with Crippen molar-refractivity contribution < 1.29 is 5.11 Å². The summed E-state index contributed by atoms with van der Waals surface area (Å²) < 4.78 is 0. The lowest BCUT2D eigenvalue weighted by atomic mass is 10.3. The number of pyridine rings is 1. The van der Waals surface area contributed by atoms with Crippen LogP contribution < -0.4 is 0 Å². The molecule has 1 heterocycles. The van der Waals surface area contributed by atoms with Crippen LogP contribution in [0.5, 0.6) is 0 Å². The smallest absolute Gasteiger partial charge is 0.133 e. The molecule has 0 radical (unpaired) electrons. The van der Waals surface area contributed by atoms with Crippen LogP contribution in [0, 0.1) is 0 Å². The van der Waals surface area contributed by atoms with E-state index in [1.807, 2.05) is 18.2 Å². The van der Waals surface area contributed by atoms with E-state index in [-0.39, 0.29) is 0 Å². The fourth-order valence-corrected chi connectivity index (χ4v) is 0.850. The van der Waals surface area contributed by atoms with Gasteiger partial charge in [0.1, 0.15) is 5.56 Å². The van der Waals surface area contributed by atoms with Crippen molar-refractivity contribution >= 4 is 11.6 Å². The van der Waals surface area contributed by atoms with Gasteiger partial charge in [0.05, 0.1) is 0 Å². The Balaban J connectivity index is 2.59. The minimum atomic E-state index is -0.824. The lowest BCUT2D eigenvalue weighted by Crippen LogP contribution is -2.01. The Kier molecular flexibility index (Phi) is 2.66. The summed E-state index contributed by atoms with van der Waals surface area (Å²) in [6.07, 6.45) is 2.08. The number of aromatic nitrogens is 1. The van der Waals surface area contributed by atoms with Gasteiger partial charge in [-0.3, -0.25) is 4.98 Å². The number of aliphatic hydroxyl groups excluding tert-OH is 1. The average Bonchev–Trinajstić information content (AvgIpc) is 1.88. The Hall–Kier alpha value is -0.600. The zero-order valence-electron chi connectivity index (χ0n) is 5.37. The van der Waals surface area contributed by atoms with Crippen molar-refractivity contribution in [2.75, 3.05) is 0 Å². The first kappa shape index (κ1) is 7.51. The van der Waals surface area contributed by atoms with Gasteiger partial charge in [0.2, 0.25) is 0 Å². The van der Waals surface area contributed by atoms with E-state index in [1.165, 1.54) is 0 Å². The second kappa shape index (κ2) is 3.54. The maximum absolute atomic E-state index is 8.73. The molecule has 1 unspecified atom stereocenters. The number of alkyl halides is 1. The summed E-state index contributed by atoms with van der Waals surface area (Å²) in [6.45, 7) is 0. The van der Waals surface area contributed by atoms with Crippen molar-refractivity contribution in [2.24, 2.45) is 0 Å². The van der Waals surface area contributed by atoms with Crippen molar-refractivity contribution in [3.8, 4) is 0 Å². The fourth-order valence-electron chi connectivity index (χ4n) is 0.691. The maximum atomic E-state index is 8.73. The normalized spacial score (nSPS) is 13.0. The molecule has 0 bridgehead atoms. The topological polar surface area (TPSA) is 33.1 Å². The van der Waals surface area contributed by atoms with Crippen LogP contribution >= 0.6 is 11.6 Å². The second-order valence-electron chi connectivity index (χ2n) is 1.96. The third kappa shape index (κ3) is 2.33. The Morgan fingerprint density at radius 2 is 2.40 bits per heavy atom. The van der Waals surface area contributed by atoms with E-state index >= 15 is 0 Å². The molecule has 3 heteroatoms. The Morgan fingerprint density at radius 3 is 2.90 bits per heavy atom. The zero-order valence-corrected chi connectivity index (χ0v) is 6.12. The monoisotopic (exact) mass is 157 g/mol. The van der Waals surface area contributed by atoms with Crippen LogP contribution in [0.15, 0.2) is 24.4 Å². The molecule has 1 N–H and O–H groups in total. The van der Waals surface area contributed by atoms with Crippen LogP contribution in [0.1, 0.15) is 5.69 Å². The van der Waals surface area contributed by atoms with Gasteiger partial charge in [0.25, 0.3) is 0 Å². The molecule has 1 atom stereocenters. The van der Waals surface area contributed by atoms with Crippen LogP contribution in [-0.4, -0.2) is 15.7 Å². The van der Waals surface area contributed by atoms with Gasteiger partial charge in [-0.1, -0.05) is 17.7 Å². The molecule has 1 aromatic rings. The predicted molar refractivity (Wildman–Crippen MR) is 39.8 cm³/mol. The van der Waals surface area contributed by atoms with Gasteiger partial charge in [-0.2, -0.15) is 0 Å². The van der Waals surface area contributed by atoms with Crippen LogP contribution in [0.25, 0.3) is 0 Å². The number of nitrogens with zero attached hydrogens (tertiary/aromatic N) is 1. The van der Waals surface area contributed by atoms with E-state index in [4.69, 9.17) is 16.7 Å². The predicted octanol–water partition coefficient (Wildman–Crippen LogP) is 1.18. The molecule has 2 nitrogen and oxygen atoms in total. The number of rotatable bonds is 2. The highest BCUT2D eigenvalue weighted by molar-refractivity contribution is 6.19. The average molecular weight is 158 g/mol. The molecular formula is C7H8ClNO. The molecule has 10 heavy (non-hydrogen) atoms. The zero-order chi connectivity index (χ0) is 7.40. The van der Waals surface area contributed by atoms with Gasteiger partial charge in [0, 0.05) is 18.3 Å². The first-order chi connectivity index (χ1) is 4.79. The summed E-state index contributed by atoms with van der Waals surface area (Å²) in [5.74, 6) is 0. The molecule has 1 rings (SSSR count). The van der Waals surface area contributed by atoms with Gasteiger partial charge in [-0.15, -0.1) is 0 Å². The van der Waals surface area contributed by atoms with Crippen LogP contribution in [-0.2, 0) is 6.42 Å². The molecule has 0 aliphatic heterocycles. The molecule has 0 aliphatic carbocycles. The summed E-state index contributed by atoms with van der Waals surface area (Å²) in [4.78, 5) is 3.97. The summed E-state index contributed by atoms with van der Waals surface area (Å²) in [5, 5.41) is 8.73. The number of aliphatic hydroxyl groups is 1. The van der Waals surface area contributed by atoms with Crippen molar-refractivity contribution in [2.45, 2.75) is 12.0 Å². The van der Waals surface area contributed by atoms with E-state index < -0.39 is 5.56 Å². The summed E-state index contributed by atoms with van der Waals surface area (Å²) in [7, 11) is 0. The highest BCUT2D eigenvalue weighted by atomic mass is 35.5. The summed E-state index contributed by atoms with van der Waals surface area (Å²) in [5.41, 5.74) is -0.0140. The van der Waals surface area contributed by atoms with Crippen LogP contribution in [0.3, 0.4) is 0 Å². The SMILES string of the molecule is OC(Cl)Cc1ccccn1. The number of hydrogen-bond acceptors (Lipinski definition) is 2. The maximum Gasteiger partial charge on any atom is 0.133 e. The first-order valence-corrected chi connectivity index (χ1v) is 3.45. The molecule has 0 saturated heterocycles. The number of halogens is 1. The fraction of sp³-hybridized carbons (Fsp3) is 0.286. The minimum absolute atomic E-state index is 0.405. The van der Waals surface area contributed by atoms with E-state index in [0.717, 1.165) is 5.69 Å². The Morgan fingerprint density at radius 1 is 1.60 bits per heavy atom. The summed E-state index contributed by atoms with van der Waals surface area (Å²) >= 11 is 5.33. The molecule has 54 valence electrons. The van der Waals surface area contributed by atoms with E-state index in [1.54, 1.807) is 6.20 Å². The van der Waals surface area contributed by atoms with Crippen molar-refractivity contribution in [1.29, 1.82) is 0 Å². The Labute approximate surface area is 64.5 Å². The van der Waals surface area contributed by atoms with Crippen molar-refractivity contribution in [3.05, 3.63) is 30.1 Å². The lowest BCUT2D eigenvalue weighted by molar-refractivity contribution is 0.255. The first-order valence-electron chi connectivity index (χ1n) is 3.01. The highest BCUT2D eigenvalue weighted by Gasteiger charge is 1.99. The molecule has 0 aliphatic rings. The molecular weight excluding hydrogens is 150 g/mol. The van der Waals surface area contributed by atoms with Gasteiger partial charge in [-0.05, 0) is 12.1 Å². The lowest BCUT2D eigenvalue weighted by Gasteiger charge is -1.99. The van der Waals surface area contributed by atoms with Gasteiger partial charge in [0.15, 0.2) is 0 Å². The molecule has 0 amide bonds. The third-order valence-electron chi connectivity index (χ3n) is 1.10. The Bertz CT molecular complexity index is 188. The molecule has 0 aromatic carbocycles. The largest absolute Gasteiger partial charge is 0.377 e.